The molecule has 0 fully saturated rings. The minimum Gasteiger partial charge on any atom is -0.333 e. The van der Waals surface area contributed by atoms with Crippen molar-refractivity contribution in [2.45, 2.75) is 59.5 Å². The molecule has 1 atom stereocenters. The second-order valence-electron chi connectivity index (χ2n) is 5.78. The molecule has 1 rings (SSSR count). The lowest BCUT2D eigenvalue weighted by Gasteiger charge is -2.16. The Morgan fingerprint density at radius 2 is 1.94 bits per heavy atom. The molecule has 98 valence electrons. The summed E-state index contributed by atoms with van der Waals surface area (Å²) in [6, 6.07) is 0.122. The van der Waals surface area contributed by atoms with E-state index in [-0.39, 0.29) is 6.04 Å². The Labute approximate surface area is 105 Å². The number of hydrogen-bond acceptors (Lipinski definition) is 2. The highest BCUT2D eigenvalue weighted by atomic mass is 15.1. The summed E-state index contributed by atoms with van der Waals surface area (Å²) >= 11 is 0. The van der Waals surface area contributed by atoms with Crippen molar-refractivity contribution in [1.29, 1.82) is 0 Å². The Hall–Kier alpha value is -0.830. The van der Waals surface area contributed by atoms with E-state index in [0.29, 0.717) is 5.92 Å². The van der Waals surface area contributed by atoms with Gasteiger partial charge in [0.15, 0.2) is 0 Å². The molecule has 0 aliphatic carbocycles. The molecule has 0 radical (unpaired) electrons. The van der Waals surface area contributed by atoms with E-state index in [1.165, 1.54) is 18.5 Å². The van der Waals surface area contributed by atoms with Gasteiger partial charge in [-0.05, 0) is 31.1 Å². The average molecular weight is 237 g/mol. The maximum absolute atomic E-state index is 6.21. The third-order valence-electron chi connectivity index (χ3n) is 3.03. The summed E-state index contributed by atoms with van der Waals surface area (Å²) in [6.45, 7) is 9.98. The van der Waals surface area contributed by atoms with Gasteiger partial charge in [0, 0.05) is 18.8 Å². The topological polar surface area (TPSA) is 43.8 Å². The number of aromatic nitrogens is 2. The van der Waals surface area contributed by atoms with Crippen LogP contribution in [0.25, 0.3) is 0 Å². The predicted octanol–water partition coefficient (Wildman–Crippen LogP) is 3.37. The van der Waals surface area contributed by atoms with Crippen LogP contribution in [0.2, 0.25) is 0 Å². The van der Waals surface area contributed by atoms with Crippen molar-refractivity contribution in [3.63, 3.8) is 0 Å². The van der Waals surface area contributed by atoms with Crippen LogP contribution in [-0.2, 0) is 6.54 Å². The van der Waals surface area contributed by atoms with Gasteiger partial charge in [-0.15, -0.1) is 0 Å². The Morgan fingerprint density at radius 1 is 1.24 bits per heavy atom. The largest absolute Gasteiger partial charge is 0.333 e. The zero-order valence-electron chi connectivity index (χ0n) is 11.7. The molecule has 1 heterocycles. The second-order valence-corrected chi connectivity index (χ2v) is 5.78. The van der Waals surface area contributed by atoms with Crippen molar-refractivity contribution < 1.29 is 0 Å². The van der Waals surface area contributed by atoms with E-state index in [2.05, 4.69) is 37.2 Å². The number of hydrogen-bond donors (Lipinski definition) is 1. The molecule has 1 unspecified atom stereocenters. The van der Waals surface area contributed by atoms with Gasteiger partial charge in [0.1, 0.15) is 0 Å². The molecule has 0 aliphatic rings. The van der Waals surface area contributed by atoms with Gasteiger partial charge < -0.3 is 10.3 Å². The fourth-order valence-electron chi connectivity index (χ4n) is 2.13. The summed E-state index contributed by atoms with van der Waals surface area (Å²) < 4.78 is 2.22. The second kappa shape index (κ2) is 6.80. The minimum atomic E-state index is 0.122. The molecule has 0 aliphatic heterocycles. The Bertz CT molecular complexity index is 315. The quantitative estimate of drug-likeness (QED) is 0.790. The summed E-state index contributed by atoms with van der Waals surface area (Å²) in [5.41, 5.74) is 7.39. The lowest BCUT2D eigenvalue weighted by Crippen LogP contribution is -2.17. The first-order valence-corrected chi connectivity index (χ1v) is 6.76. The van der Waals surface area contributed by atoms with Gasteiger partial charge in [-0.2, -0.15) is 0 Å². The van der Waals surface area contributed by atoms with Crippen molar-refractivity contribution in [2.75, 3.05) is 0 Å². The molecule has 0 saturated heterocycles. The number of aryl methyl sites for hydroxylation is 1. The van der Waals surface area contributed by atoms with Crippen LogP contribution in [0.4, 0.5) is 0 Å². The Balaban J connectivity index is 2.53. The van der Waals surface area contributed by atoms with Gasteiger partial charge >= 0.3 is 0 Å². The number of nitrogens with two attached hydrogens (primary N) is 1. The maximum Gasteiger partial charge on any atom is 0.0948 e. The van der Waals surface area contributed by atoms with E-state index in [1.54, 1.807) is 0 Å². The highest BCUT2D eigenvalue weighted by molar-refractivity contribution is 5.04. The molecule has 1 aromatic rings. The first kappa shape index (κ1) is 14.2. The van der Waals surface area contributed by atoms with Gasteiger partial charge in [0.25, 0.3) is 0 Å². The van der Waals surface area contributed by atoms with Crippen LogP contribution in [0.5, 0.6) is 0 Å². The highest BCUT2D eigenvalue weighted by Crippen LogP contribution is 2.19. The van der Waals surface area contributed by atoms with Crippen molar-refractivity contribution in [2.24, 2.45) is 17.6 Å². The van der Waals surface area contributed by atoms with Crippen LogP contribution in [0, 0.1) is 11.8 Å². The van der Waals surface area contributed by atoms with Gasteiger partial charge in [-0.1, -0.05) is 27.7 Å². The molecular formula is C14H27N3. The van der Waals surface area contributed by atoms with Crippen LogP contribution < -0.4 is 5.73 Å². The third-order valence-corrected chi connectivity index (χ3v) is 3.03. The molecule has 0 bridgehead atoms. The normalized spacial score (nSPS) is 13.6. The zero-order valence-corrected chi connectivity index (χ0v) is 11.7. The van der Waals surface area contributed by atoms with Crippen LogP contribution in [-0.4, -0.2) is 9.55 Å². The number of nitrogens with zero attached hydrogens (tertiary/aromatic N) is 2. The Morgan fingerprint density at radius 3 is 2.53 bits per heavy atom. The lowest BCUT2D eigenvalue weighted by molar-refractivity contribution is 0.464. The minimum absolute atomic E-state index is 0.122. The van der Waals surface area contributed by atoms with Crippen molar-refractivity contribution in [1.82, 2.24) is 9.55 Å². The predicted molar refractivity (Wildman–Crippen MR) is 72.7 cm³/mol. The van der Waals surface area contributed by atoms with Crippen molar-refractivity contribution in [3.8, 4) is 0 Å². The molecule has 0 saturated carbocycles. The van der Waals surface area contributed by atoms with Crippen LogP contribution in [0.1, 0.15) is 58.7 Å². The summed E-state index contributed by atoms with van der Waals surface area (Å²) in [4.78, 5) is 4.23. The first-order valence-electron chi connectivity index (χ1n) is 6.76. The molecule has 3 heteroatoms. The molecule has 0 amide bonds. The van der Waals surface area contributed by atoms with E-state index in [0.717, 1.165) is 18.9 Å². The molecule has 3 nitrogen and oxygen atoms in total. The molecule has 1 aromatic heterocycles. The molecule has 0 aromatic carbocycles. The molecule has 17 heavy (non-hydrogen) atoms. The Kier molecular flexibility index (Phi) is 5.69. The summed E-state index contributed by atoms with van der Waals surface area (Å²) in [5.74, 6) is 1.40. The summed E-state index contributed by atoms with van der Waals surface area (Å²) in [5, 5.41) is 0. The fourth-order valence-corrected chi connectivity index (χ4v) is 2.13. The van der Waals surface area contributed by atoms with Crippen molar-refractivity contribution >= 4 is 0 Å². The zero-order chi connectivity index (χ0) is 12.8. The maximum atomic E-state index is 6.21. The van der Waals surface area contributed by atoms with E-state index < -0.39 is 0 Å². The smallest absolute Gasteiger partial charge is 0.0948 e. The standard InChI is InChI=1S/C14H27N3/c1-11(2)6-5-7-17-10-16-9-14(17)13(15)8-12(3)4/h9-13H,5-8,15H2,1-4H3. The highest BCUT2D eigenvalue weighted by Gasteiger charge is 2.12. The van der Waals surface area contributed by atoms with Crippen LogP contribution in [0.15, 0.2) is 12.5 Å². The van der Waals surface area contributed by atoms with E-state index >= 15 is 0 Å². The first-order chi connectivity index (χ1) is 8.00. The van der Waals surface area contributed by atoms with Crippen LogP contribution in [0.3, 0.4) is 0 Å². The van der Waals surface area contributed by atoms with Gasteiger partial charge in [0.2, 0.25) is 0 Å². The molecular weight excluding hydrogens is 210 g/mol. The number of rotatable bonds is 7. The van der Waals surface area contributed by atoms with Gasteiger partial charge in [-0.3, -0.25) is 0 Å². The molecule has 0 spiro atoms. The summed E-state index contributed by atoms with van der Waals surface area (Å²) in [7, 11) is 0. The lowest BCUT2D eigenvalue weighted by atomic mass is 10.0. The summed E-state index contributed by atoms with van der Waals surface area (Å²) in [6.07, 6.45) is 7.32. The van der Waals surface area contributed by atoms with Gasteiger partial charge in [0.05, 0.1) is 12.0 Å². The van der Waals surface area contributed by atoms with E-state index in [1.807, 2.05) is 12.5 Å². The third kappa shape index (κ3) is 4.90. The van der Waals surface area contributed by atoms with Gasteiger partial charge in [-0.25, -0.2) is 4.98 Å². The average Bonchev–Trinajstić information content (AvgIpc) is 2.64. The SMILES string of the molecule is CC(C)CCCn1cncc1C(N)CC(C)C. The van der Waals surface area contributed by atoms with Crippen molar-refractivity contribution in [3.05, 3.63) is 18.2 Å². The fraction of sp³-hybridized carbons (Fsp3) is 0.786. The molecule has 2 N–H and O–H groups in total. The van der Waals surface area contributed by atoms with E-state index in [4.69, 9.17) is 5.73 Å². The number of imidazole rings is 1. The monoisotopic (exact) mass is 237 g/mol. The van der Waals surface area contributed by atoms with E-state index in [9.17, 15) is 0 Å². The van der Waals surface area contributed by atoms with Crippen LogP contribution >= 0.6 is 0 Å².